The van der Waals surface area contributed by atoms with Gasteiger partial charge < -0.3 is 10.1 Å². The average Bonchev–Trinajstić information content (AvgIpc) is 2.76. The third-order valence-corrected chi connectivity index (χ3v) is 4.59. The van der Waals surface area contributed by atoms with Crippen LogP contribution < -0.4 is 15.6 Å². The first-order valence-electron chi connectivity index (χ1n) is 9.60. The van der Waals surface area contributed by atoms with E-state index in [1.807, 2.05) is 73.8 Å². The molecule has 2 aromatic carbocycles. The van der Waals surface area contributed by atoms with Crippen molar-refractivity contribution in [2.75, 3.05) is 6.61 Å². The molecule has 1 N–H and O–H groups in total. The minimum absolute atomic E-state index is 0.0852. The normalized spacial score (nSPS) is 10.9. The zero-order valence-corrected chi connectivity index (χ0v) is 16.2. The molecule has 0 spiro atoms. The molecule has 0 saturated heterocycles. The number of hydrogen-bond acceptors (Lipinski definition) is 5. The third-order valence-electron chi connectivity index (χ3n) is 4.59. The van der Waals surface area contributed by atoms with Crippen molar-refractivity contribution >= 4 is 10.9 Å². The molecule has 0 fully saturated rings. The molecule has 146 valence electrons. The van der Waals surface area contributed by atoms with E-state index in [-0.39, 0.29) is 5.56 Å². The first-order chi connectivity index (χ1) is 14.3. The molecule has 6 heteroatoms. The van der Waals surface area contributed by atoms with Crippen LogP contribution in [0.4, 0.5) is 0 Å². The number of para-hydroxylation sites is 1. The van der Waals surface area contributed by atoms with Gasteiger partial charge in [0.15, 0.2) is 0 Å². The SMILES string of the molecule is CCOc1ccc(-n2c(CNCc3cccnc3)nc3ccccc3c2=O)cc1. The number of nitrogens with one attached hydrogen (secondary N) is 1. The van der Waals surface area contributed by atoms with Gasteiger partial charge in [-0.15, -0.1) is 0 Å². The Labute approximate surface area is 168 Å². The predicted octanol–water partition coefficient (Wildman–Crippen LogP) is 3.47. The van der Waals surface area contributed by atoms with Gasteiger partial charge in [0, 0.05) is 18.9 Å². The number of pyridine rings is 1. The van der Waals surface area contributed by atoms with Gasteiger partial charge in [0.25, 0.3) is 5.56 Å². The molecule has 0 aliphatic carbocycles. The fraction of sp³-hybridized carbons (Fsp3) is 0.174. The van der Waals surface area contributed by atoms with Crippen LogP contribution in [-0.2, 0) is 13.1 Å². The Morgan fingerprint density at radius 3 is 2.59 bits per heavy atom. The minimum atomic E-state index is -0.0852. The Hall–Kier alpha value is -3.51. The van der Waals surface area contributed by atoms with Crippen LogP contribution >= 0.6 is 0 Å². The highest BCUT2D eigenvalue weighted by atomic mass is 16.5. The summed E-state index contributed by atoms with van der Waals surface area (Å²) < 4.78 is 7.18. The summed E-state index contributed by atoms with van der Waals surface area (Å²) in [5, 5.41) is 3.96. The number of ether oxygens (including phenoxy) is 1. The van der Waals surface area contributed by atoms with Gasteiger partial charge >= 0.3 is 0 Å². The molecule has 0 unspecified atom stereocenters. The van der Waals surface area contributed by atoms with Crippen LogP contribution in [0, 0.1) is 0 Å². The molecule has 0 aliphatic heterocycles. The molecule has 0 atom stereocenters. The Balaban J connectivity index is 1.71. The fourth-order valence-electron chi connectivity index (χ4n) is 3.24. The summed E-state index contributed by atoms with van der Waals surface area (Å²) >= 11 is 0. The summed E-state index contributed by atoms with van der Waals surface area (Å²) in [7, 11) is 0. The standard InChI is InChI=1S/C23H22N4O2/c1-2-29-19-11-9-18(10-12-19)27-22(16-25-15-17-6-5-13-24-14-17)26-21-8-4-3-7-20(21)23(27)28/h3-14,25H,2,15-16H2,1H3. The van der Waals surface area contributed by atoms with E-state index in [1.165, 1.54) is 0 Å². The zero-order valence-electron chi connectivity index (χ0n) is 16.2. The van der Waals surface area contributed by atoms with E-state index in [9.17, 15) is 4.79 Å². The fourth-order valence-corrected chi connectivity index (χ4v) is 3.24. The second-order valence-electron chi connectivity index (χ2n) is 6.58. The molecule has 0 aliphatic rings. The lowest BCUT2D eigenvalue weighted by Gasteiger charge is -2.15. The van der Waals surface area contributed by atoms with Crippen molar-refractivity contribution in [2.45, 2.75) is 20.0 Å². The summed E-state index contributed by atoms with van der Waals surface area (Å²) in [6.07, 6.45) is 3.57. The highest BCUT2D eigenvalue weighted by molar-refractivity contribution is 5.77. The smallest absolute Gasteiger partial charge is 0.266 e. The Kier molecular flexibility index (Phi) is 5.63. The van der Waals surface area contributed by atoms with Crippen LogP contribution in [0.25, 0.3) is 16.6 Å². The lowest BCUT2D eigenvalue weighted by atomic mass is 10.2. The molecule has 2 heterocycles. The molecule has 0 saturated carbocycles. The number of rotatable bonds is 7. The molecule has 0 amide bonds. The van der Waals surface area contributed by atoms with E-state index < -0.39 is 0 Å². The van der Waals surface area contributed by atoms with Crippen LogP contribution in [-0.4, -0.2) is 21.1 Å². The second-order valence-corrected chi connectivity index (χ2v) is 6.58. The number of aromatic nitrogens is 3. The van der Waals surface area contributed by atoms with Crippen molar-refractivity contribution in [2.24, 2.45) is 0 Å². The van der Waals surface area contributed by atoms with Crippen LogP contribution in [0.5, 0.6) is 5.75 Å². The lowest BCUT2D eigenvalue weighted by molar-refractivity contribution is 0.340. The molecule has 29 heavy (non-hydrogen) atoms. The van der Waals surface area contributed by atoms with Crippen molar-refractivity contribution in [3.05, 3.63) is 94.8 Å². The van der Waals surface area contributed by atoms with Gasteiger partial charge in [0.2, 0.25) is 0 Å². The summed E-state index contributed by atoms with van der Waals surface area (Å²) in [6, 6.07) is 18.8. The second kappa shape index (κ2) is 8.67. The van der Waals surface area contributed by atoms with E-state index >= 15 is 0 Å². The first-order valence-corrected chi connectivity index (χ1v) is 9.60. The maximum Gasteiger partial charge on any atom is 0.266 e. The van der Waals surface area contributed by atoms with E-state index in [2.05, 4.69) is 10.3 Å². The van der Waals surface area contributed by atoms with Crippen molar-refractivity contribution < 1.29 is 4.74 Å². The predicted molar refractivity (Wildman–Crippen MR) is 113 cm³/mol. The summed E-state index contributed by atoms with van der Waals surface area (Å²) in [6.45, 7) is 3.63. The summed E-state index contributed by atoms with van der Waals surface area (Å²) in [5.74, 6) is 1.43. The Morgan fingerprint density at radius 2 is 1.83 bits per heavy atom. The van der Waals surface area contributed by atoms with E-state index in [0.717, 1.165) is 17.0 Å². The van der Waals surface area contributed by atoms with E-state index in [0.29, 0.717) is 36.4 Å². The van der Waals surface area contributed by atoms with Gasteiger partial charge in [-0.05, 0) is 55.0 Å². The molecule has 2 aromatic heterocycles. The molecular formula is C23H22N4O2. The van der Waals surface area contributed by atoms with E-state index in [4.69, 9.17) is 9.72 Å². The molecule has 0 bridgehead atoms. The van der Waals surface area contributed by atoms with E-state index in [1.54, 1.807) is 10.8 Å². The van der Waals surface area contributed by atoms with Crippen LogP contribution in [0.2, 0.25) is 0 Å². The lowest BCUT2D eigenvalue weighted by Crippen LogP contribution is -2.27. The molecule has 4 aromatic rings. The van der Waals surface area contributed by atoms with Crippen LogP contribution in [0.3, 0.4) is 0 Å². The van der Waals surface area contributed by atoms with Gasteiger partial charge in [0.1, 0.15) is 11.6 Å². The largest absolute Gasteiger partial charge is 0.494 e. The summed E-state index contributed by atoms with van der Waals surface area (Å²) in [4.78, 5) is 22.1. The Bertz CT molecular complexity index is 1160. The van der Waals surface area contributed by atoms with Gasteiger partial charge in [-0.1, -0.05) is 18.2 Å². The molecule has 6 nitrogen and oxygen atoms in total. The monoisotopic (exact) mass is 386 g/mol. The number of benzene rings is 2. The zero-order chi connectivity index (χ0) is 20.1. The highest BCUT2D eigenvalue weighted by Crippen LogP contribution is 2.17. The van der Waals surface area contributed by atoms with Gasteiger partial charge in [-0.25, -0.2) is 4.98 Å². The van der Waals surface area contributed by atoms with Crippen LogP contribution in [0.15, 0.2) is 77.9 Å². The molecule has 4 rings (SSSR count). The first kappa shape index (κ1) is 18.8. The Morgan fingerprint density at radius 1 is 1.00 bits per heavy atom. The third kappa shape index (κ3) is 4.17. The maximum absolute atomic E-state index is 13.2. The van der Waals surface area contributed by atoms with Gasteiger partial charge in [0.05, 0.1) is 29.7 Å². The molecule has 0 radical (unpaired) electrons. The van der Waals surface area contributed by atoms with Crippen molar-refractivity contribution in [1.29, 1.82) is 0 Å². The average molecular weight is 386 g/mol. The van der Waals surface area contributed by atoms with Gasteiger partial charge in [-0.2, -0.15) is 0 Å². The van der Waals surface area contributed by atoms with Crippen molar-refractivity contribution in [3.8, 4) is 11.4 Å². The van der Waals surface area contributed by atoms with Crippen molar-refractivity contribution in [3.63, 3.8) is 0 Å². The number of nitrogens with zero attached hydrogens (tertiary/aromatic N) is 3. The number of hydrogen-bond donors (Lipinski definition) is 1. The van der Waals surface area contributed by atoms with Crippen molar-refractivity contribution in [1.82, 2.24) is 19.9 Å². The minimum Gasteiger partial charge on any atom is -0.494 e. The van der Waals surface area contributed by atoms with Gasteiger partial charge in [-0.3, -0.25) is 14.3 Å². The topological polar surface area (TPSA) is 69.0 Å². The molecular weight excluding hydrogens is 364 g/mol. The maximum atomic E-state index is 13.2. The summed E-state index contributed by atoms with van der Waals surface area (Å²) in [5.41, 5.74) is 2.44. The number of fused-ring (bicyclic) bond motifs is 1. The highest BCUT2D eigenvalue weighted by Gasteiger charge is 2.12. The van der Waals surface area contributed by atoms with Crippen LogP contribution in [0.1, 0.15) is 18.3 Å². The quantitative estimate of drug-likeness (QED) is 0.527.